The molecule has 2 aromatic heterocycles. The van der Waals surface area contributed by atoms with Gasteiger partial charge in [0.1, 0.15) is 17.6 Å². The van der Waals surface area contributed by atoms with Gasteiger partial charge in [0.05, 0.1) is 24.2 Å². The lowest BCUT2D eigenvalue weighted by Gasteiger charge is -2.27. The first-order valence-corrected chi connectivity index (χ1v) is 13.7. The van der Waals surface area contributed by atoms with Gasteiger partial charge in [-0.3, -0.25) is 14.4 Å². The predicted molar refractivity (Wildman–Crippen MR) is 146 cm³/mol. The number of carbonyl (C=O) groups is 3. The number of esters is 1. The quantitative estimate of drug-likeness (QED) is 0.385. The number of fused-ring (bicyclic) bond motifs is 1. The maximum absolute atomic E-state index is 13.4. The van der Waals surface area contributed by atoms with Crippen molar-refractivity contribution in [3.8, 4) is 0 Å². The summed E-state index contributed by atoms with van der Waals surface area (Å²) in [4.78, 5) is 40.5. The van der Waals surface area contributed by atoms with Crippen molar-refractivity contribution < 1.29 is 28.0 Å². The fourth-order valence-corrected chi connectivity index (χ4v) is 5.86. The lowest BCUT2D eigenvalue weighted by molar-refractivity contribution is -0.156. The van der Waals surface area contributed by atoms with E-state index in [0.717, 1.165) is 41.9 Å². The molecular formula is C31H31N3O6. The van der Waals surface area contributed by atoms with E-state index < -0.39 is 30.4 Å². The van der Waals surface area contributed by atoms with Crippen LogP contribution in [-0.2, 0) is 25.5 Å². The normalized spacial score (nSPS) is 23.4. The summed E-state index contributed by atoms with van der Waals surface area (Å²) in [5, 5.41) is 6.14. The Balaban J connectivity index is 1.11. The minimum Gasteiger partial charge on any atom is -0.467 e. The number of furan rings is 2. The zero-order chi connectivity index (χ0) is 27.5. The molecule has 6 rings (SSSR count). The molecule has 4 heterocycles. The third-order valence-electron chi connectivity index (χ3n) is 7.85. The van der Waals surface area contributed by atoms with Crippen molar-refractivity contribution in [3.05, 3.63) is 89.8 Å². The van der Waals surface area contributed by atoms with Crippen LogP contribution in [0.2, 0.25) is 0 Å². The van der Waals surface area contributed by atoms with Crippen molar-refractivity contribution in [2.24, 2.45) is 16.9 Å². The monoisotopic (exact) mass is 541 g/mol. The molecule has 206 valence electrons. The zero-order valence-corrected chi connectivity index (χ0v) is 22.1. The van der Waals surface area contributed by atoms with Gasteiger partial charge < -0.3 is 18.5 Å². The highest BCUT2D eigenvalue weighted by Crippen LogP contribution is 2.44. The second-order valence-corrected chi connectivity index (χ2v) is 10.5. The number of rotatable bonds is 8. The molecule has 2 fully saturated rings. The molecule has 3 unspecified atom stereocenters. The third kappa shape index (κ3) is 5.36. The first-order valence-electron chi connectivity index (χ1n) is 13.7. The molecule has 40 heavy (non-hydrogen) atoms. The molecule has 3 atom stereocenters. The molecule has 0 N–H and O–H groups in total. The van der Waals surface area contributed by atoms with E-state index in [1.54, 1.807) is 23.5 Å². The van der Waals surface area contributed by atoms with Crippen LogP contribution in [0.15, 0.2) is 86.6 Å². The number of hydrogen-bond donors (Lipinski definition) is 0. The van der Waals surface area contributed by atoms with Crippen LogP contribution in [0.4, 0.5) is 0 Å². The summed E-state index contributed by atoms with van der Waals surface area (Å²) >= 11 is 0. The van der Waals surface area contributed by atoms with Gasteiger partial charge in [-0.1, -0.05) is 30.3 Å². The minimum atomic E-state index is -0.591. The van der Waals surface area contributed by atoms with Gasteiger partial charge in [0.15, 0.2) is 6.61 Å². The van der Waals surface area contributed by atoms with Crippen LogP contribution >= 0.6 is 0 Å². The molecule has 0 bridgehead atoms. The van der Waals surface area contributed by atoms with E-state index in [4.69, 9.17) is 18.7 Å². The van der Waals surface area contributed by atoms with Gasteiger partial charge in [-0.25, -0.2) is 5.01 Å². The SMILES string of the molecule is O=C(OCC(=O)N1N=C2C(=Cc3ccco3)CCCC2C1c1ccco1)C1CC(=O)N(CCc2ccccc2)C1. The molecule has 1 aliphatic carbocycles. The highest BCUT2D eigenvalue weighted by atomic mass is 16.5. The molecular weight excluding hydrogens is 510 g/mol. The van der Waals surface area contributed by atoms with Gasteiger partial charge in [0, 0.05) is 25.4 Å². The maximum Gasteiger partial charge on any atom is 0.311 e. The number of hydrazone groups is 1. The zero-order valence-electron chi connectivity index (χ0n) is 22.1. The highest BCUT2D eigenvalue weighted by molar-refractivity contribution is 6.08. The number of carbonyl (C=O) groups excluding carboxylic acids is 3. The molecule has 1 aromatic carbocycles. The first kappa shape index (κ1) is 25.9. The Hall–Kier alpha value is -4.40. The number of nitrogens with zero attached hydrogens (tertiary/aromatic N) is 3. The van der Waals surface area contributed by atoms with E-state index in [9.17, 15) is 14.4 Å². The molecule has 9 nitrogen and oxygen atoms in total. The van der Waals surface area contributed by atoms with Crippen molar-refractivity contribution >= 4 is 29.6 Å². The number of benzene rings is 1. The van der Waals surface area contributed by atoms with Crippen LogP contribution in [-0.4, -0.2) is 53.1 Å². The molecule has 9 heteroatoms. The molecule has 0 spiro atoms. The fraction of sp³-hybridized carbons (Fsp3) is 0.355. The van der Waals surface area contributed by atoms with Gasteiger partial charge in [-0.05, 0) is 67.2 Å². The molecule has 1 saturated heterocycles. The van der Waals surface area contributed by atoms with E-state index >= 15 is 0 Å². The fourth-order valence-electron chi connectivity index (χ4n) is 5.86. The Morgan fingerprint density at radius 3 is 2.65 bits per heavy atom. The number of likely N-dealkylation sites (tertiary alicyclic amines) is 1. The van der Waals surface area contributed by atoms with Crippen LogP contribution in [0.3, 0.4) is 0 Å². The van der Waals surface area contributed by atoms with Crippen molar-refractivity contribution in [3.63, 3.8) is 0 Å². The molecule has 2 aliphatic heterocycles. The van der Waals surface area contributed by atoms with Gasteiger partial charge in [-0.15, -0.1) is 0 Å². The smallest absolute Gasteiger partial charge is 0.311 e. The topological polar surface area (TPSA) is 106 Å². The summed E-state index contributed by atoms with van der Waals surface area (Å²) in [6.07, 6.45) is 8.61. The maximum atomic E-state index is 13.4. The molecule has 1 saturated carbocycles. The van der Waals surface area contributed by atoms with Gasteiger partial charge in [0.2, 0.25) is 5.91 Å². The van der Waals surface area contributed by atoms with Crippen molar-refractivity contribution in [2.45, 2.75) is 38.1 Å². The van der Waals surface area contributed by atoms with E-state index in [2.05, 4.69) is 0 Å². The summed E-state index contributed by atoms with van der Waals surface area (Å²) in [7, 11) is 0. The minimum absolute atomic E-state index is 0.0357. The number of allylic oxidation sites excluding steroid dienone is 1. The summed E-state index contributed by atoms with van der Waals surface area (Å²) in [6, 6.07) is 16.8. The molecule has 3 aromatic rings. The van der Waals surface area contributed by atoms with Crippen molar-refractivity contribution in [2.75, 3.05) is 19.7 Å². The second kappa shape index (κ2) is 11.4. The Labute approximate surface area is 232 Å². The van der Waals surface area contributed by atoms with E-state index in [0.29, 0.717) is 25.3 Å². The van der Waals surface area contributed by atoms with Crippen LogP contribution in [0.5, 0.6) is 0 Å². The number of hydrogen-bond acceptors (Lipinski definition) is 7. The van der Waals surface area contributed by atoms with Crippen LogP contribution in [0, 0.1) is 11.8 Å². The van der Waals surface area contributed by atoms with Gasteiger partial charge >= 0.3 is 5.97 Å². The van der Waals surface area contributed by atoms with Crippen LogP contribution in [0.1, 0.15) is 48.8 Å². The van der Waals surface area contributed by atoms with Crippen LogP contribution < -0.4 is 0 Å². The first-order chi connectivity index (χ1) is 19.6. The summed E-state index contributed by atoms with van der Waals surface area (Å²) < 4.78 is 16.7. The van der Waals surface area contributed by atoms with E-state index in [1.807, 2.05) is 54.6 Å². The lowest BCUT2D eigenvalue weighted by atomic mass is 9.79. The largest absolute Gasteiger partial charge is 0.467 e. The number of ether oxygens (including phenoxy) is 1. The third-order valence-corrected chi connectivity index (χ3v) is 7.85. The van der Waals surface area contributed by atoms with Crippen molar-refractivity contribution in [1.82, 2.24) is 9.91 Å². The second-order valence-electron chi connectivity index (χ2n) is 10.5. The molecule has 0 radical (unpaired) electrons. The summed E-state index contributed by atoms with van der Waals surface area (Å²) in [5.41, 5.74) is 2.99. The Bertz CT molecular complexity index is 1410. The van der Waals surface area contributed by atoms with Gasteiger partial charge in [-0.2, -0.15) is 5.10 Å². The number of amides is 2. The Morgan fingerprint density at radius 2 is 1.88 bits per heavy atom. The predicted octanol–water partition coefficient (Wildman–Crippen LogP) is 4.63. The summed E-state index contributed by atoms with van der Waals surface area (Å²) in [5.74, 6) is -0.305. The van der Waals surface area contributed by atoms with Crippen LogP contribution in [0.25, 0.3) is 6.08 Å². The Kier molecular flexibility index (Phi) is 7.35. The molecule has 3 aliphatic rings. The van der Waals surface area contributed by atoms with E-state index in [1.165, 1.54) is 5.01 Å². The summed E-state index contributed by atoms with van der Waals surface area (Å²) in [6.45, 7) is 0.380. The average Bonchev–Trinajstić information content (AvgIpc) is 3.78. The van der Waals surface area contributed by atoms with Gasteiger partial charge in [0.25, 0.3) is 5.91 Å². The van der Waals surface area contributed by atoms with Crippen molar-refractivity contribution in [1.29, 1.82) is 0 Å². The Morgan fingerprint density at radius 1 is 1.05 bits per heavy atom. The lowest BCUT2D eigenvalue weighted by Crippen LogP contribution is -2.35. The van der Waals surface area contributed by atoms with E-state index in [-0.39, 0.29) is 18.2 Å². The molecule has 2 amide bonds. The average molecular weight is 542 g/mol. The standard InChI is InChI=1S/C31H31N3O6/c35-27-18-23(19-33(27)14-13-21-7-2-1-3-8-21)31(37)40-20-28(36)34-30(26-12-6-16-39-26)25-11-4-9-22(29(25)32-34)17-24-10-5-15-38-24/h1-3,5-8,10,12,15-17,23,25,30H,4,9,11,13-14,18-20H2. The highest BCUT2D eigenvalue weighted by Gasteiger charge is 2.45.